The molecule has 1 atom stereocenters. The predicted molar refractivity (Wildman–Crippen MR) is 78.2 cm³/mol. The van der Waals surface area contributed by atoms with Gasteiger partial charge in [-0.05, 0) is 43.5 Å². The molecular weight excluding hydrogens is 294 g/mol. The highest BCUT2D eigenvalue weighted by Crippen LogP contribution is 2.26. The van der Waals surface area contributed by atoms with E-state index in [0.717, 1.165) is 34.1 Å². The number of carboxylic acid groups (broad SMARTS) is 1. The first-order valence-corrected chi connectivity index (χ1v) is 7.01. The van der Waals surface area contributed by atoms with Gasteiger partial charge in [0.1, 0.15) is 6.04 Å². The van der Waals surface area contributed by atoms with E-state index in [0.29, 0.717) is 6.42 Å². The maximum Gasteiger partial charge on any atom is 0.326 e. The fraction of sp³-hybridized carbons (Fsp3) is 0.500. The highest BCUT2D eigenvalue weighted by Gasteiger charge is 2.18. The Balaban J connectivity index is 2.90. The monoisotopic (exact) mass is 313 g/mol. The summed E-state index contributed by atoms with van der Waals surface area (Å²) in [5, 5.41) is 12.4. The lowest BCUT2D eigenvalue weighted by atomic mass is 10.1. The number of aliphatic carboxylic acids is 1. The van der Waals surface area contributed by atoms with Crippen LogP contribution in [0.3, 0.4) is 0 Å². The van der Waals surface area contributed by atoms with E-state index in [-0.39, 0.29) is 0 Å². The van der Waals surface area contributed by atoms with Crippen LogP contribution in [0.15, 0.2) is 16.6 Å². The Morgan fingerprint density at radius 2 is 1.94 bits per heavy atom. The first-order chi connectivity index (χ1) is 8.45. The minimum absolute atomic E-state index is 0.511. The maximum atomic E-state index is 11.2. The first kappa shape index (κ1) is 15.0. The normalized spacial score (nSPS) is 12.2. The zero-order chi connectivity index (χ0) is 13.7. The quantitative estimate of drug-likeness (QED) is 0.830. The number of halogens is 1. The summed E-state index contributed by atoms with van der Waals surface area (Å²) in [6, 6.07) is 3.48. The second-order valence-corrected chi connectivity index (χ2v) is 5.51. The zero-order valence-corrected chi connectivity index (χ0v) is 12.7. The van der Waals surface area contributed by atoms with Gasteiger partial charge in [0, 0.05) is 10.2 Å². The van der Waals surface area contributed by atoms with E-state index in [2.05, 4.69) is 28.2 Å². The number of hydrogen-bond acceptors (Lipinski definition) is 2. The molecule has 0 aliphatic carbocycles. The zero-order valence-electron chi connectivity index (χ0n) is 11.1. The van der Waals surface area contributed by atoms with Crippen LogP contribution in [-0.2, 0) is 4.79 Å². The molecule has 0 bridgehead atoms. The summed E-state index contributed by atoms with van der Waals surface area (Å²) in [5.41, 5.74) is 3.05. The first-order valence-electron chi connectivity index (χ1n) is 6.21. The van der Waals surface area contributed by atoms with Crippen molar-refractivity contribution >= 4 is 27.6 Å². The average molecular weight is 314 g/mol. The molecule has 0 radical (unpaired) electrons. The van der Waals surface area contributed by atoms with Crippen molar-refractivity contribution < 1.29 is 9.90 Å². The molecule has 0 aliphatic rings. The molecule has 4 heteroatoms. The van der Waals surface area contributed by atoms with Crippen molar-refractivity contribution in [3.8, 4) is 0 Å². The summed E-state index contributed by atoms with van der Waals surface area (Å²) in [4.78, 5) is 11.2. The molecule has 0 heterocycles. The van der Waals surface area contributed by atoms with Crippen molar-refractivity contribution in [2.75, 3.05) is 5.32 Å². The molecule has 0 saturated carbocycles. The molecule has 1 unspecified atom stereocenters. The molecule has 0 saturated heterocycles. The van der Waals surface area contributed by atoms with E-state index in [1.807, 2.05) is 26.0 Å². The van der Waals surface area contributed by atoms with Crippen molar-refractivity contribution in [3.63, 3.8) is 0 Å². The third kappa shape index (κ3) is 4.02. The van der Waals surface area contributed by atoms with Gasteiger partial charge in [-0.1, -0.05) is 35.7 Å². The highest BCUT2D eigenvalue weighted by molar-refractivity contribution is 9.10. The minimum Gasteiger partial charge on any atom is -0.480 e. The largest absolute Gasteiger partial charge is 0.480 e. The van der Waals surface area contributed by atoms with E-state index >= 15 is 0 Å². The van der Waals surface area contributed by atoms with Crippen molar-refractivity contribution in [2.45, 2.75) is 46.1 Å². The fourth-order valence-corrected chi connectivity index (χ4v) is 2.66. The van der Waals surface area contributed by atoms with Crippen LogP contribution in [0.2, 0.25) is 0 Å². The SMILES string of the molecule is CCCCC(Nc1c(C)cc(Br)cc1C)C(=O)O. The van der Waals surface area contributed by atoms with Gasteiger partial charge < -0.3 is 10.4 Å². The second-order valence-electron chi connectivity index (χ2n) is 4.59. The number of anilines is 1. The van der Waals surface area contributed by atoms with Crippen molar-refractivity contribution in [1.29, 1.82) is 0 Å². The van der Waals surface area contributed by atoms with Crippen LogP contribution in [0.5, 0.6) is 0 Å². The summed E-state index contributed by atoms with van der Waals surface area (Å²) >= 11 is 3.44. The van der Waals surface area contributed by atoms with E-state index in [1.54, 1.807) is 0 Å². The number of unbranched alkanes of at least 4 members (excludes halogenated alkanes) is 1. The Kier molecular flexibility index (Phi) is 5.66. The molecule has 1 aromatic rings. The summed E-state index contributed by atoms with van der Waals surface area (Å²) in [6.07, 6.45) is 2.57. The molecule has 100 valence electrons. The Bertz CT molecular complexity index is 409. The minimum atomic E-state index is -0.787. The number of aryl methyl sites for hydroxylation is 2. The van der Waals surface area contributed by atoms with Gasteiger partial charge >= 0.3 is 5.97 Å². The molecule has 0 amide bonds. The van der Waals surface area contributed by atoms with E-state index in [9.17, 15) is 9.90 Å². The third-order valence-electron chi connectivity index (χ3n) is 2.96. The Hall–Kier alpha value is -1.03. The van der Waals surface area contributed by atoms with Crippen LogP contribution in [0.25, 0.3) is 0 Å². The molecule has 3 nitrogen and oxygen atoms in total. The van der Waals surface area contributed by atoms with Crippen LogP contribution in [-0.4, -0.2) is 17.1 Å². The van der Waals surface area contributed by atoms with Gasteiger partial charge in [-0.2, -0.15) is 0 Å². The average Bonchev–Trinajstić information content (AvgIpc) is 2.26. The molecule has 18 heavy (non-hydrogen) atoms. The number of nitrogens with one attached hydrogen (secondary N) is 1. The van der Waals surface area contributed by atoms with Crippen LogP contribution >= 0.6 is 15.9 Å². The van der Waals surface area contributed by atoms with Crippen molar-refractivity contribution in [3.05, 3.63) is 27.7 Å². The predicted octanol–water partition coefficient (Wildman–Crippen LogP) is 4.12. The lowest BCUT2D eigenvalue weighted by Gasteiger charge is -2.19. The van der Waals surface area contributed by atoms with Crippen molar-refractivity contribution in [1.82, 2.24) is 0 Å². The van der Waals surface area contributed by atoms with Gasteiger partial charge in [-0.25, -0.2) is 4.79 Å². The molecule has 0 aromatic heterocycles. The maximum absolute atomic E-state index is 11.2. The Morgan fingerprint density at radius 1 is 1.39 bits per heavy atom. The number of benzene rings is 1. The van der Waals surface area contributed by atoms with Crippen LogP contribution in [0.4, 0.5) is 5.69 Å². The summed E-state index contributed by atoms with van der Waals surface area (Å²) in [7, 11) is 0. The Morgan fingerprint density at radius 3 is 2.39 bits per heavy atom. The smallest absolute Gasteiger partial charge is 0.326 e. The number of hydrogen-bond donors (Lipinski definition) is 2. The third-order valence-corrected chi connectivity index (χ3v) is 3.42. The number of rotatable bonds is 6. The van der Waals surface area contributed by atoms with Crippen LogP contribution < -0.4 is 5.32 Å². The molecule has 1 aromatic carbocycles. The van der Waals surface area contributed by atoms with Gasteiger partial charge in [0.05, 0.1) is 0 Å². The Labute approximate surface area is 117 Å². The van der Waals surface area contributed by atoms with E-state index in [1.165, 1.54) is 0 Å². The number of carboxylic acids is 1. The topological polar surface area (TPSA) is 49.3 Å². The molecule has 0 aliphatic heterocycles. The van der Waals surface area contributed by atoms with Gasteiger partial charge in [-0.15, -0.1) is 0 Å². The summed E-state index contributed by atoms with van der Waals surface area (Å²) in [5.74, 6) is -0.787. The van der Waals surface area contributed by atoms with Gasteiger partial charge in [0.15, 0.2) is 0 Å². The number of carbonyl (C=O) groups is 1. The molecule has 1 rings (SSSR count). The summed E-state index contributed by atoms with van der Waals surface area (Å²) in [6.45, 7) is 6.03. The van der Waals surface area contributed by atoms with Gasteiger partial charge in [0.25, 0.3) is 0 Å². The van der Waals surface area contributed by atoms with Gasteiger partial charge in [0.2, 0.25) is 0 Å². The van der Waals surface area contributed by atoms with E-state index < -0.39 is 12.0 Å². The fourth-order valence-electron chi connectivity index (χ4n) is 1.98. The second kappa shape index (κ2) is 6.78. The summed E-state index contributed by atoms with van der Waals surface area (Å²) < 4.78 is 1.02. The lowest BCUT2D eigenvalue weighted by molar-refractivity contribution is -0.138. The standard InChI is InChI=1S/C14H20BrNO2/c1-4-5-6-12(14(17)18)16-13-9(2)7-11(15)8-10(13)3/h7-8,12,16H,4-6H2,1-3H3,(H,17,18). The molecular formula is C14H20BrNO2. The molecule has 0 spiro atoms. The molecule has 0 fully saturated rings. The highest BCUT2D eigenvalue weighted by atomic mass is 79.9. The lowest BCUT2D eigenvalue weighted by Crippen LogP contribution is -2.29. The van der Waals surface area contributed by atoms with Gasteiger partial charge in [-0.3, -0.25) is 0 Å². The molecule has 2 N–H and O–H groups in total. The van der Waals surface area contributed by atoms with E-state index in [4.69, 9.17) is 0 Å². The van der Waals surface area contributed by atoms with Crippen molar-refractivity contribution in [2.24, 2.45) is 0 Å². The van der Waals surface area contributed by atoms with Crippen LogP contribution in [0, 0.1) is 13.8 Å². The van der Waals surface area contributed by atoms with Crippen LogP contribution in [0.1, 0.15) is 37.3 Å².